The lowest BCUT2D eigenvalue weighted by Crippen LogP contribution is -2.16. The third-order valence-electron chi connectivity index (χ3n) is 3.49. The van der Waals surface area contributed by atoms with Crippen molar-refractivity contribution >= 4 is 21.7 Å². The van der Waals surface area contributed by atoms with Gasteiger partial charge in [-0.05, 0) is 42.8 Å². The first-order valence-electron chi connectivity index (χ1n) is 7.83. The molecule has 2 rings (SSSR count). The average Bonchev–Trinajstić information content (AvgIpc) is 2.57. The number of anilines is 1. The molecule has 0 aliphatic carbocycles. The molecule has 0 saturated carbocycles. The van der Waals surface area contributed by atoms with Crippen LogP contribution in [-0.4, -0.2) is 26.0 Å². The van der Waals surface area contributed by atoms with E-state index in [4.69, 9.17) is 9.88 Å². The van der Waals surface area contributed by atoms with Crippen LogP contribution in [0.4, 0.5) is 10.1 Å². The maximum absolute atomic E-state index is 13.1. The molecule has 0 aromatic heterocycles. The minimum Gasteiger partial charge on any atom is -0.478 e. The van der Waals surface area contributed by atoms with Crippen LogP contribution in [0, 0.1) is 5.82 Å². The molecule has 0 radical (unpaired) electrons. The highest BCUT2D eigenvalue weighted by Gasteiger charge is 2.23. The second-order valence-corrected chi connectivity index (χ2v) is 7.07. The molecule has 2 aromatic carbocycles. The van der Waals surface area contributed by atoms with Crippen LogP contribution in [0.15, 0.2) is 41.3 Å². The Morgan fingerprint density at radius 3 is 2.46 bits per heavy atom. The second kappa shape index (κ2) is 8.15. The number of carboxylic acid groups (broad SMARTS) is 1. The zero-order valence-corrected chi connectivity index (χ0v) is 14.8. The molecule has 0 unspecified atom stereocenters. The van der Waals surface area contributed by atoms with Gasteiger partial charge in [0.25, 0.3) is 0 Å². The number of ether oxygens (including phenoxy) is 1. The van der Waals surface area contributed by atoms with Gasteiger partial charge < -0.3 is 15.2 Å². The summed E-state index contributed by atoms with van der Waals surface area (Å²) in [7, 11) is -4.27. The summed E-state index contributed by atoms with van der Waals surface area (Å²) in [6.45, 7) is 2.45. The van der Waals surface area contributed by atoms with Crippen molar-refractivity contribution in [2.24, 2.45) is 5.14 Å². The lowest BCUT2D eigenvalue weighted by molar-refractivity contribution is 0.0696. The summed E-state index contributed by atoms with van der Waals surface area (Å²) in [6, 6.07) is 7.16. The smallest absolute Gasteiger partial charge is 0.335 e. The van der Waals surface area contributed by atoms with E-state index < -0.39 is 26.7 Å². The van der Waals surface area contributed by atoms with E-state index in [1.807, 2.05) is 6.92 Å². The number of nitrogens with one attached hydrogen (secondary N) is 1. The van der Waals surface area contributed by atoms with Crippen LogP contribution in [-0.2, 0) is 10.0 Å². The molecule has 0 aliphatic rings. The summed E-state index contributed by atoms with van der Waals surface area (Å²) in [5.41, 5.74) is -0.0776. The van der Waals surface area contributed by atoms with Crippen LogP contribution < -0.4 is 15.2 Å². The van der Waals surface area contributed by atoms with Crippen molar-refractivity contribution in [3.05, 3.63) is 47.8 Å². The summed E-state index contributed by atoms with van der Waals surface area (Å²) >= 11 is 0. The van der Waals surface area contributed by atoms with E-state index in [1.165, 1.54) is 18.2 Å². The average molecular weight is 382 g/mol. The van der Waals surface area contributed by atoms with Crippen molar-refractivity contribution in [3.63, 3.8) is 0 Å². The molecule has 7 nitrogen and oxygen atoms in total. The van der Waals surface area contributed by atoms with Crippen molar-refractivity contribution in [1.82, 2.24) is 0 Å². The third-order valence-corrected chi connectivity index (χ3v) is 4.40. The minimum absolute atomic E-state index is 0.139. The van der Waals surface area contributed by atoms with E-state index in [0.717, 1.165) is 31.0 Å². The number of nitrogens with two attached hydrogens (primary N) is 1. The molecule has 0 aliphatic heterocycles. The lowest BCUT2D eigenvalue weighted by atomic mass is 10.1. The Hall–Kier alpha value is -2.65. The highest BCUT2D eigenvalue weighted by molar-refractivity contribution is 7.89. The first-order valence-corrected chi connectivity index (χ1v) is 9.38. The number of aromatic carboxylic acids is 1. The van der Waals surface area contributed by atoms with E-state index in [0.29, 0.717) is 6.54 Å². The Labute approximate surface area is 150 Å². The topological polar surface area (TPSA) is 119 Å². The summed E-state index contributed by atoms with van der Waals surface area (Å²) in [5.74, 6) is -1.74. The zero-order valence-electron chi connectivity index (χ0n) is 14.0. The first-order chi connectivity index (χ1) is 12.2. The summed E-state index contributed by atoms with van der Waals surface area (Å²) in [6.07, 6.45) is 1.65. The molecule has 140 valence electrons. The van der Waals surface area contributed by atoms with Gasteiger partial charge in [-0.1, -0.05) is 13.3 Å². The molecule has 0 atom stereocenters. The molecule has 0 heterocycles. The molecule has 0 amide bonds. The van der Waals surface area contributed by atoms with Gasteiger partial charge in [-0.25, -0.2) is 22.7 Å². The standard InChI is InChI=1S/C17H19FN2O5S/c1-2-3-8-20-14-9-11(17(21)22)10-15(26(19,23)24)16(14)25-13-6-4-12(18)5-7-13/h4-7,9-10,20H,2-3,8H2,1H3,(H,21,22)(H2,19,23,24). The molecule has 4 N–H and O–H groups in total. The maximum Gasteiger partial charge on any atom is 0.335 e. The number of carbonyl (C=O) groups is 1. The molecular weight excluding hydrogens is 363 g/mol. The molecule has 26 heavy (non-hydrogen) atoms. The molecule has 0 saturated heterocycles. The number of primary sulfonamides is 1. The van der Waals surface area contributed by atoms with Gasteiger partial charge in [-0.15, -0.1) is 0 Å². The molecule has 2 aromatic rings. The third kappa shape index (κ3) is 4.93. The molecule has 0 fully saturated rings. The van der Waals surface area contributed by atoms with Crippen LogP contribution >= 0.6 is 0 Å². The summed E-state index contributed by atoms with van der Waals surface area (Å²) in [5, 5.41) is 17.4. The SMILES string of the molecule is CCCCNc1cc(C(=O)O)cc(S(N)(=O)=O)c1Oc1ccc(F)cc1. The van der Waals surface area contributed by atoms with E-state index in [1.54, 1.807) is 0 Å². The normalized spacial score (nSPS) is 11.2. The number of sulfonamides is 1. The van der Waals surface area contributed by atoms with E-state index >= 15 is 0 Å². The summed E-state index contributed by atoms with van der Waals surface area (Å²) in [4.78, 5) is 10.9. The Morgan fingerprint density at radius 1 is 1.27 bits per heavy atom. The Kier molecular flexibility index (Phi) is 6.17. The Balaban J connectivity index is 2.59. The first kappa shape index (κ1) is 19.7. The maximum atomic E-state index is 13.1. The zero-order chi connectivity index (χ0) is 19.3. The van der Waals surface area contributed by atoms with Gasteiger partial charge in [0.2, 0.25) is 10.0 Å². The number of carboxylic acids is 1. The number of rotatable bonds is 8. The Bertz CT molecular complexity index is 898. The van der Waals surface area contributed by atoms with Gasteiger partial charge in [0, 0.05) is 6.54 Å². The van der Waals surface area contributed by atoms with E-state index in [-0.39, 0.29) is 22.7 Å². The fourth-order valence-corrected chi connectivity index (χ4v) is 2.90. The van der Waals surface area contributed by atoms with Gasteiger partial charge in [-0.3, -0.25) is 0 Å². The Morgan fingerprint density at radius 2 is 1.92 bits per heavy atom. The van der Waals surface area contributed by atoms with E-state index in [9.17, 15) is 22.7 Å². The number of halogens is 1. The van der Waals surface area contributed by atoms with Crippen LogP contribution in [0.25, 0.3) is 0 Å². The van der Waals surface area contributed by atoms with Gasteiger partial charge in [0.05, 0.1) is 11.3 Å². The van der Waals surface area contributed by atoms with Gasteiger partial charge in [-0.2, -0.15) is 0 Å². The minimum atomic E-state index is -4.27. The quantitative estimate of drug-likeness (QED) is 0.604. The fourth-order valence-electron chi connectivity index (χ4n) is 2.19. The molecule has 0 bridgehead atoms. The molecule has 9 heteroatoms. The van der Waals surface area contributed by atoms with Gasteiger partial charge >= 0.3 is 5.97 Å². The van der Waals surface area contributed by atoms with Crippen LogP contribution in [0.5, 0.6) is 11.5 Å². The predicted molar refractivity (Wildman–Crippen MR) is 94.6 cm³/mol. The second-order valence-electron chi connectivity index (χ2n) is 5.54. The number of hydrogen-bond donors (Lipinski definition) is 3. The van der Waals surface area contributed by atoms with Crippen molar-refractivity contribution in [3.8, 4) is 11.5 Å². The number of benzene rings is 2. The summed E-state index contributed by atoms with van der Waals surface area (Å²) < 4.78 is 42.6. The highest BCUT2D eigenvalue weighted by atomic mass is 32.2. The van der Waals surface area contributed by atoms with Crippen molar-refractivity contribution in [2.75, 3.05) is 11.9 Å². The van der Waals surface area contributed by atoms with Crippen LogP contribution in [0.3, 0.4) is 0 Å². The number of unbranched alkanes of at least 4 members (excludes halogenated alkanes) is 1. The number of hydrogen-bond acceptors (Lipinski definition) is 5. The fraction of sp³-hybridized carbons (Fsp3) is 0.235. The van der Waals surface area contributed by atoms with Crippen LogP contribution in [0.2, 0.25) is 0 Å². The predicted octanol–water partition coefficient (Wildman–Crippen LogP) is 3.18. The van der Waals surface area contributed by atoms with E-state index in [2.05, 4.69) is 5.32 Å². The highest BCUT2D eigenvalue weighted by Crippen LogP contribution is 2.37. The lowest BCUT2D eigenvalue weighted by Gasteiger charge is -2.17. The van der Waals surface area contributed by atoms with Crippen molar-refractivity contribution in [1.29, 1.82) is 0 Å². The van der Waals surface area contributed by atoms with Gasteiger partial charge in [0.15, 0.2) is 5.75 Å². The van der Waals surface area contributed by atoms with Gasteiger partial charge in [0.1, 0.15) is 16.5 Å². The molecule has 0 spiro atoms. The largest absolute Gasteiger partial charge is 0.478 e. The molecular formula is C17H19FN2O5S. The van der Waals surface area contributed by atoms with Crippen molar-refractivity contribution in [2.45, 2.75) is 24.7 Å². The monoisotopic (exact) mass is 382 g/mol. The van der Waals surface area contributed by atoms with Crippen LogP contribution in [0.1, 0.15) is 30.1 Å². The van der Waals surface area contributed by atoms with Crippen molar-refractivity contribution < 1.29 is 27.4 Å².